The minimum Gasteiger partial charge on any atom is -0.481 e. The van der Waals surface area contributed by atoms with Crippen LogP contribution in [0.25, 0.3) is 0 Å². The monoisotopic (exact) mass is 397 g/mol. The molecular formula is C21H23N3O5. The first-order chi connectivity index (χ1) is 14.1. The fraction of sp³-hybridized carbons (Fsp3) is 0.381. The third-order valence-electron chi connectivity index (χ3n) is 5.28. The van der Waals surface area contributed by atoms with Crippen LogP contribution in [-0.4, -0.2) is 36.7 Å². The van der Waals surface area contributed by atoms with Gasteiger partial charge in [-0.3, -0.25) is 9.59 Å². The minimum atomic E-state index is -0.251. The van der Waals surface area contributed by atoms with Gasteiger partial charge in [-0.1, -0.05) is 12.5 Å². The Hall–Kier alpha value is -3.29. The van der Waals surface area contributed by atoms with Crippen LogP contribution in [0.1, 0.15) is 35.2 Å². The average Bonchev–Trinajstić information content (AvgIpc) is 3.41. The highest BCUT2D eigenvalue weighted by atomic mass is 16.7. The molecule has 29 heavy (non-hydrogen) atoms. The first-order valence-corrected chi connectivity index (χ1v) is 9.61. The summed E-state index contributed by atoms with van der Waals surface area (Å²) in [7, 11) is 1.52. The summed E-state index contributed by atoms with van der Waals surface area (Å²) in [6.07, 6.45) is 3.89. The number of rotatable bonds is 6. The number of carbonyl (C=O) groups excluding carboxylic acids is 2. The Balaban J connectivity index is 1.33. The van der Waals surface area contributed by atoms with Crippen LogP contribution in [0.5, 0.6) is 17.4 Å². The van der Waals surface area contributed by atoms with Gasteiger partial charge in [0.15, 0.2) is 11.5 Å². The van der Waals surface area contributed by atoms with Gasteiger partial charge in [0.1, 0.15) is 0 Å². The number of carbonyl (C=O) groups is 2. The molecule has 2 amide bonds. The first kappa shape index (κ1) is 19.0. The smallest absolute Gasteiger partial charge is 0.253 e. The highest BCUT2D eigenvalue weighted by Gasteiger charge is 2.34. The molecule has 1 aliphatic carbocycles. The Kier molecular flexibility index (Phi) is 5.50. The Bertz CT molecular complexity index is 900. The zero-order valence-electron chi connectivity index (χ0n) is 16.1. The van der Waals surface area contributed by atoms with E-state index in [1.54, 1.807) is 12.1 Å². The summed E-state index contributed by atoms with van der Waals surface area (Å²) >= 11 is 0. The van der Waals surface area contributed by atoms with Gasteiger partial charge in [0.2, 0.25) is 18.6 Å². The van der Waals surface area contributed by atoms with Crippen LogP contribution in [0.15, 0.2) is 36.5 Å². The fourth-order valence-corrected chi connectivity index (χ4v) is 3.70. The molecule has 8 nitrogen and oxygen atoms in total. The molecule has 8 heteroatoms. The number of nitrogens with zero attached hydrogens (tertiary/aromatic N) is 1. The Labute approximate surface area is 168 Å². The molecule has 2 aromatic rings. The summed E-state index contributed by atoms with van der Waals surface area (Å²) < 4.78 is 15.7. The van der Waals surface area contributed by atoms with Crippen molar-refractivity contribution in [3.63, 3.8) is 0 Å². The number of benzene rings is 1. The molecular weight excluding hydrogens is 374 g/mol. The molecule has 152 valence electrons. The SMILES string of the molecule is COc1ccc(C(=O)N[C@@H]2CCC[C@@H]2C(=O)NCc2ccc3c(c2)OCO3)cn1. The molecule has 0 saturated heterocycles. The number of aromatic nitrogens is 1. The predicted molar refractivity (Wildman–Crippen MR) is 104 cm³/mol. The molecule has 0 unspecified atom stereocenters. The van der Waals surface area contributed by atoms with E-state index in [2.05, 4.69) is 15.6 Å². The zero-order chi connectivity index (χ0) is 20.2. The molecule has 4 rings (SSSR count). The number of methoxy groups -OCH3 is 1. The molecule has 2 N–H and O–H groups in total. The van der Waals surface area contributed by atoms with Crippen molar-refractivity contribution < 1.29 is 23.8 Å². The van der Waals surface area contributed by atoms with Gasteiger partial charge < -0.3 is 24.8 Å². The average molecular weight is 397 g/mol. The minimum absolute atomic E-state index is 0.0571. The van der Waals surface area contributed by atoms with Gasteiger partial charge >= 0.3 is 0 Å². The molecule has 1 fully saturated rings. The van der Waals surface area contributed by atoms with Crippen molar-refractivity contribution in [3.05, 3.63) is 47.7 Å². The number of hydrogen-bond donors (Lipinski definition) is 2. The number of amides is 2. The first-order valence-electron chi connectivity index (χ1n) is 9.61. The summed E-state index contributed by atoms with van der Waals surface area (Å²) in [4.78, 5) is 29.3. The van der Waals surface area contributed by atoms with Crippen LogP contribution < -0.4 is 24.8 Å². The topological polar surface area (TPSA) is 98.8 Å². The third-order valence-corrected chi connectivity index (χ3v) is 5.28. The van der Waals surface area contributed by atoms with Crippen molar-refractivity contribution >= 4 is 11.8 Å². The summed E-state index contributed by atoms with van der Waals surface area (Å²) in [6, 6.07) is 8.71. The number of fused-ring (bicyclic) bond motifs is 1. The van der Waals surface area contributed by atoms with E-state index in [9.17, 15) is 9.59 Å². The predicted octanol–water partition coefficient (Wildman–Crippen LogP) is 2.03. The molecule has 1 saturated carbocycles. The van der Waals surface area contributed by atoms with E-state index in [0.717, 1.165) is 24.8 Å². The summed E-state index contributed by atoms with van der Waals surface area (Å²) in [6.45, 7) is 0.618. The van der Waals surface area contributed by atoms with Gasteiger partial charge in [-0.2, -0.15) is 0 Å². The van der Waals surface area contributed by atoms with Crippen LogP contribution >= 0.6 is 0 Å². The van der Waals surface area contributed by atoms with Crippen molar-refractivity contribution in [2.75, 3.05) is 13.9 Å². The van der Waals surface area contributed by atoms with Crippen LogP contribution in [0.2, 0.25) is 0 Å². The lowest BCUT2D eigenvalue weighted by molar-refractivity contribution is -0.125. The van der Waals surface area contributed by atoms with E-state index < -0.39 is 0 Å². The van der Waals surface area contributed by atoms with Gasteiger partial charge in [-0.05, 0) is 36.6 Å². The summed E-state index contributed by atoms with van der Waals surface area (Å²) in [5.41, 5.74) is 1.38. The highest BCUT2D eigenvalue weighted by Crippen LogP contribution is 2.32. The second kappa shape index (κ2) is 8.38. The molecule has 0 bridgehead atoms. The van der Waals surface area contributed by atoms with Crippen LogP contribution in [0.4, 0.5) is 0 Å². The zero-order valence-corrected chi connectivity index (χ0v) is 16.1. The standard InChI is InChI=1S/C21H23N3O5/c1-27-19-8-6-14(11-22-19)20(25)24-16-4-2-3-15(16)21(26)23-10-13-5-7-17-18(9-13)29-12-28-17/h5-9,11,15-16H,2-4,10,12H2,1H3,(H,23,26)(H,24,25)/t15-,16+/m0/s1. The summed E-state index contributed by atoms with van der Waals surface area (Å²) in [5.74, 6) is 1.31. The lowest BCUT2D eigenvalue weighted by Crippen LogP contribution is -2.43. The van der Waals surface area contributed by atoms with Gasteiger partial charge in [0.25, 0.3) is 5.91 Å². The molecule has 2 atom stereocenters. The second-order valence-corrected chi connectivity index (χ2v) is 7.11. The lowest BCUT2D eigenvalue weighted by atomic mass is 10.0. The number of nitrogens with one attached hydrogen (secondary N) is 2. The van der Waals surface area contributed by atoms with E-state index >= 15 is 0 Å². The normalized spacial score (nSPS) is 19.6. The van der Waals surface area contributed by atoms with E-state index in [4.69, 9.17) is 14.2 Å². The maximum atomic E-state index is 12.7. The van der Waals surface area contributed by atoms with E-state index in [1.165, 1.54) is 13.3 Å². The largest absolute Gasteiger partial charge is 0.481 e. The van der Waals surface area contributed by atoms with E-state index in [-0.39, 0.29) is 30.6 Å². The van der Waals surface area contributed by atoms with Crippen molar-refractivity contribution in [1.82, 2.24) is 15.6 Å². The highest BCUT2D eigenvalue weighted by molar-refractivity contribution is 5.94. The Morgan fingerprint density at radius 3 is 2.83 bits per heavy atom. The Morgan fingerprint density at radius 2 is 2.03 bits per heavy atom. The van der Waals surface area contributed by atoms with Crippen molar-refractivity contribution in [2.45, 2.75) is 31.8 Å². The number of hydrogen-bond acceptors (Lipinski definition) is 6. The van der Waals surface area contributed by atoms with Crippen LogP contribution in [0.3, 0.4) is 0 Å². The number of pyridine rings is 1. The number of ether oxygens (including phenoxy) is 3. The van der Waals surface area contributed by atoms with Gasteiger partial charge in [0.05, 0.1) is 18.6 Å². The molecule has 1 aromatic carbocycles. The van der Waals surface area contributed by atoms with Crippen molar-refractivity contribution in [1.29, 1.82) is 0 Å². The fourth-order valence-electron chi connectivity index (χ4n) is 3.70. The molecule has 0 radical (unpaired) electrons. The van der Waals surface area contributed by atoms with E-state index in [1.807, 2.05) is 18.2 Å². The molecule has 1 aromatic heterocycles. The molecule has 2 heterocycles. The van der Waals surface area contributed by atoms with Crippen molar-refractivity contribution in [2.24, 2.45) is 5.92 Å². The van der Waals surface area contributed by atoms with E-state index in [0.29, 0.717) is 29.5 Å². The quantitative estimate of drug-likeness (QED) is 0.774. The van der Waals surface area contributed by atoms with Crippen LogP contribution in [0, 0.1) is 5.92 Å². The van der Waals surface area contributed by atoms with Gasteiger partial charge in [-0.25, -0.2) is 4.98 Å². The third kappa shape index (κ3) is 4.26. The maximum Gasteiger partial charge on any atom is 0.253 e. The maximum absolute atomic E-state index is 12.7. The Morgan fingerprint density at radius 1 is 1.17 bits per heavy atom. The molecule has 2 aliphatic rings. The second-order valence-electron chi connectivity index (χ2n) is 7.11. The van der Waals surface area contributed by atoms with Gasteiger partial charge in [0, 0.05) is 24.8 Å². The van der Waals surface area contributed by atoms with Crippen LogP contribution in [-0.2, 0) is 11.3 Å². The lowest BCUT2D eigenvalue weighted by Gasteiger charge is -2.20. The molecule has 1 aliphatic heterocycles. The molecule has 0 spiro atoms. The van der Waals surface area contributed by atoms with Gasteiger partial charge in [-0.15, -0.1) is 0 Å². The summed E-state index contributed by atoms with van der Waals surface area (Å²) in [5, 5.41) is 5.95. The van der Waals surface area contributed by atoms with Crippen molar-refractivity contribution in [3.8, 4) is 17.4 Å².